The van der Waals surface area contributed by atoms with Gasteiger partial charge in [0.25, 0.3) is 5.91 Å². The van der Waals surface area contributed by atoms with Crippen LogP contribution in [-0.2, 0) is 9.59 Å². The predicted molar refractivity (Wildman–Crippen MR) is 73.4 cm³/mol. The van der Waals surface area contributed by atoms with Gasteiger partial charge in [0.15, 0.2) is 0 Å². The third-order valence-electron chi connectivity index (χ3n) is 3.07. The molecule has 2 atom stereocenters. The first kappa shape index (κ1) is 13.3. The van der Waals surface area contributed by atoms with Gasteiger partial charge in [0.1, 0.15) is 0 Å². The summed E-state index contributed by atoms with van der Waals surface area (Å²) in [6.45, 7) is 1.91. The minimum absolute atomic E-state index is 0.0162. The fourth-order valence-corrected chi connectivity index (χ4v) is 2.19. The number of benzene rings is 1. The summed E-state index contributed by atoms with van der Waals surface area (Å²) in [5.41, 5.74) is 0.617. The van der Waals surface area contributed by atoms with Crippen LogP contribution >= 0.6 is 0 Å². The van der Waals surface area contributed by atoms with Crippen LogP contribution in [0.3, 0.4) is 0 Å². The summed E-state index contributed by atoms with van der Waals surface area (Å²) in [5, 5.41) is 3.11. The van der Waals surface area contributed by atoms with Crippen molar-refractivity contribution in [2.45, 2.75) is 31.8 Å². The van der Waals surface area contributed by atoms with E-state index in [0.29, 0.717) is 12.1 Å². The standard InChI is InChI=1S/C15H16N2O2/c1-3-7-11(2)16-13-10-14(18)17(15(13)19)12-8-5-4-6-9-12/h1,4-6,8-9,11,13,16H,7,10H2,2H3. The number of rotatable bonds is 4. The zero-order valence-electron chi connectivity index (χ0n) is 10.8. The van der Waals surface area contributed by atoms with Crippen molar-refractivity contribution in [1.29, 1.82) is 0 Å². The molecule has 1 heterocycles. The van der Waals surface area contributed by atoms with Crippen LogP contribution in [0.4, 0.5) is 5.69 Å². The molecule has 1 saturated heterocycles. The third kappa shape index (κ3) is 2.83. The summed E-state index contributed by atoms with van der Waals surface area (Å²) in [6, 6.07) is 8.50. The van der Waals surface area contributed by atoms with Crippen LogP contribution in [0, 0.1) is 12.3 Å². The van der Waals surface area contributed by atoms with E-state index in [1.807, 2.05) is 13.0 Å². The second-order valence-corrected chi connectivity index (χ2v) is 4.64. The number of nitrogens with one attached hydrogen (secondary N) is 1. The molecule has 2 unspecified atom stereocenters. The lowest BCUT2D eigenvalue weighted by Gasteiger charge is -2.17. The molecule has 0 saturated carbocycles. The number of terminal acetylenes is 1. The molecule has 0 aliphatic carbocycles. The Balaban J connectivity index is 2.11. The van der Waals surface area contributed by atoms with E-state index in [1.165, 1.54) is 4.90 Å². The van der Waals surface area contributed by atoms with Crippen molar-refractivity contribution in [2.75, 3.05) is 4.90 Å². The van der Waals surface area contributed by atoms with E-state index in [-0.39, 0.29) is 24.3 Å². The topological polar surface area (TPSA) is 49.4 Å². The van der Waals surface area contributed by atoms with Crippen LogP contribution in [0.5, 0.6) is 0 Å². The summed E-state index contributed by atoms with van der Waals surface area (Å²) in [4.78, 5) is 25.4. The minimum atomic E-state index is -0.476. The van der Waals surface area contributed by atoms with Crippen LogP contribution in [0.15, 0.2) is 30.3 Å². The fourth-order valence-electron chi connectivity index (χ4n) is 2.19. The zero-order chi connectivity index (χ0) is 13.8. The molecule has 1 aliphatic rings. The van der Waals surface area contributed by atoms with Gasteiger partial charge in [-0.3, -0.25) is 9.59 Å². The van der Waals surface area contributed by atoms with Crippen LogP contribution < -0.4 is 10.2 Å². The van der Waals surface area contributed by atoms with Gasteiger partial charge in [-0.2, -0.15) is 0 Å². The molecule has 19 heavy (non-hydrogen) atoms. The van der Waals surface area contributed by atoms with E-state index in [9.17, 15) is 9.59 Å². The number of para-hydroxylation sites is 1. The Hall–Kier alpha value is -2.12. The zero-order valence-corrected chi connectivity index (χ0v) is 10.8. The van der Waals surface area contributed by atoms with Gasteiger partial charge in [0.2, 0.25) is 5.91 Å². The van der Waals surface area contributed by atoms with Gasteiger partial charge in [-0.1, -0.05) is 18.2 Å². The van der Waals surface area contributed by atoms with Gasteiger partial charge in [0, 0.05) is 12.5 Å². The number of hydrogen-bond acceptors (Lipinski definition) is 3. The highest BCUT2D eigenvalue weighted by Gasteiger charge is 2.39. The molecule has 1 aromatic carbocycles. The third-order valence-corrected chi connectivity index (χ3v) is 3.07. The van der Waals surface area contributed by atoms with Crippen molar-refractivity contribution < 1.29 is 9.59 Å². The normalized spacial score (nSPS) is 20.4. The maximum absolute atomic E-state index is 12.2. The smallest absolute Gasteiger partial charge is 0.251 e. The highest BCUT2D eigenvalue weighted by molar-refractivity contribution is 6.22. The summed E-state index contributed by atoms with van der Waals surface area (Å²) in [7, 11) is 0. The monoisotopic (exact) mass is 256 g/mol. The lowest BCUT2D eigenvalue weighted by atomic mass is 10.2. The SMILES string of the molecule is C#CCC(C)NC1CC(=O)N(c2ccccc2)C1=O. The van der Waals surface area contributed by atoms with E-state index in [1.54, 1.807) is 24.3 Å². The molecule has 0 aromatic heterocycles. The lowest BCUT2D eigenvalue weighted by Crippen LogP contribution is -2.42. The first-order valence-electron chi connectivity index (χ1n) is 6.25. The number of nitrogens with zero attached hydrogens (tertiary/aromatic N) is 1. The average Bonchev–Trinajstić information content (AvgIpc) is 2.66. The molecule has 98 valence electrons. The lowest BCUT2D eigenvalue weighted by molar-refractivity contribution is -0.121. The number of anilines is 1. The summed E-state index contributed by atoms with van der Waals surface area (Å²) >= 11 is 0. The number of carbonyl (C=O) groups is 2. The van der Waals surface area contributed by atoms with Gasteiger partial charge >= 0.3 is 0 Å². The van der Waals surface area contributed by atoms with Gasteiger partial charge in [-0.25, -0.2) is 4.90 Å². The van der Waals surface area contributed by atoms with E-state index in [0.717, 1.165) is 0 Å². The molecule has 1 N–H and O–H groups in total. The van der Waals surface area contributed by atoms with Crippen molar-refractivity contribution in [3.63, 3.8) is 0 Å². The Morgan fingerprint density at radius 3 is 2.74 bits per heavy atom. The summed E-state index contributed by atoms with van der Waals surface area (Å²) < 4.78 is 0. The molecule has 0 radical (unpaired) electrons. The van der Waals surface area contributed by atoms with Crippen molar-refractivity contribution in [2.24, 2.45) is 0 Å². The van der Waals surface area contributed by atoms with Crippen molar-refractivity contribution >= 4 is 17.5 Å². The van der Waals surface area contributed by atoms with E-state index < -0.39 is 6.04 Å². The van der Waals surface area contributed by atoms with Crippen molar-refractivity contribution in [3.05, 3.63) is 30.3 Å². The molecule has 0 spiro atoms. The molecule has 2 rings (SSSR count). The first-order valence-corrected chi connectivity index (χ1v) is 6.25. The number of amides is 2. The van der Waals surface area contributed by atoms with Crippen LogP contribution in [-0.4, -0.2) is 23.9 Å². The molecule has 1 fully saturated rings. The van der Waals surface area contributed by atoms with Crippen LogP contribution in [0.1, 0.15) is 19.8 Å². The van der Waals surface area contributed by atoms with E-state index in [4.69, 9.17) is 6.42 Å². The fraction of sp³-hybridized carbons (Fsp3) is 0.333. The molecular formula is C15H16N2O2. The molecular weight excluding hydrogens is 240 g/mol. The largest absolute Gasteiger partial charge is 0.302 e. The van der Waals surface area contributed by atoms with Gasteiger partial charge in [-0.15, -0.1) is 12.3 Å². The number of hydrogen-bond donors (Lipinski definition) is 1. The molecule has 2 amide bonds. The Morgan fingerprint density at radius 1 is 1.42 bits per heavy atom. The number of carbonyl (C=O) groups excluding carboxylic acids is 2. The Labute approximate surface area is 112 Å². The maximum atomic E-state index is 12.2. The average molecular weight is 256 g/mol. The highest BCUT2D eigenvalue weighted by atomic mass is 16.2. The molecule has 4 heteroatoms. The second-order valence-electron chi connectivity index (χ2n) is 4.64. The molecule has 1 aromatic rings. The first-order chi connectivity index (χ1) is 9.13. The Morgan fingerprint density at radius 2 is 2.11 bits per heavy atom. The number of imide groups is 1. The predicted octanol–water partition coefficient (Wildman–Crippen LogP) is 1.32. The Kier molecular flexibility index (Phi) is 3.98. The van der Waals surface area contributed by atoms with E-state index >= 15 is 0 Å². The van der Waals surface area contributed by atoms with Crippen molar-refractivity contribution in [1.82, 2.24) is 5.32 Å². The maximum Gasteiger partial charge on any atom is 0.251 e. The minimum Gasteiger partial charge on any atom is -0.302 e. The second kappa shape index (κ2) is 5.68. The van der Waals surface area contributed by atoms with Crippen LogP contribution in [0.25, 0.3) is 0 Å². The molecule has 0 bridgehead atoms. The Bertz CT molecular complexity index is 519. The quantitative estimate of drug-likeness (QED) is 0.653. The molecule has 4 nitrogen and oxygen atoms in total. The van der Waals surface area contributed by atoms with Crippen molar-refractivity contribution in [3.8, 4) is 12.3 Å². The van der Waals surface area contributed by atoms with Gasteiger partial charge in [0.05, 0.1) is 18.2 Å². The van der Waals surface area contributed by atoms with E-state index in [2.05, 4.69) is 11.2 Å². The highest BCUT2D eigenvalue weighted by Crippen LogP contribution is 2.22. The van der Waals surface area contributed by atoms with Crippen LogP contribution in [0.2, 0.25) is 0 Å². The van der Waals surface area contributed by atoms with Gasteiger partial charge in [-0.05, 0) is 19.1 Å². The molecule has 1 aliphatic heterocycles. The summed E-state index contributed by atoms with van der Waals surface area (Å²) in [6.07, 6.45) is 5.95. The summed E-state index contributed by atoms with van der Waals surface area (Å²) in [5.74, 6) is 2.15. The van der Waals surface area contributed by atoms with Gasteiger partial charge < -0.3 is 5.32 Å².